The molecule has 1 unspecified atom stereocenters. The molecule has 1 aromatic carbocycles. The molecule has 8 heteroatoms. The second-order valence-electron chi connectivity index (χ2n) is 7.49. The van der Waals surface area contributed by atoms with E-state index in [0.717, 1.165) is 11.1 Å². The van der Waals surface area contributed by atoms with E-state index < -0.39 is 25.1 Å². The van der Waals surface area contributed by atoms with E-state index in [1.807, 2.05) is 26.8 Å². The van der Waals surface area contributed by atoms with Crippen LogP contribution in [0.1, 0.15) is 38.8 Å². The molecule has 3 rings (SSSR count). The summed E-state index contributed by atoms with van der Waals surface area (Å²) in [4.78, 5) is 14.3. The van der Waals surface area contributed by atoms with Gasteiger partial charge in [0.2, 0.25) is 0 Å². The van der Waals surface area contributed by atoms with Crippen LogP contribution in [-0.4, -0.2) is 52.4 Å². The topological polar surface area (TPSA) is 88.5 Å². The molecular formula is C17H24BNO6. The van der Waals surface area contributed by atoms with Crippen molar-refractivity contribution in [2.45, 2.75) is 64.9 Å². The summed E-state index contributed by atoms with van der Waals surface area (Å²) < 4.78 is 16.7. The van der Waals surface area contributed by atoms with Gasteiger partial charge in [-0.2, -0.15) is 0 Å². The van der Waals surface area contributed by atoms with Gasteiger partial charge in [0.1, 0.15) is 5.60 Å². The van der Waals surface area contributed by atoms with Crippen LogP contribution in [0.3, 0.4) is 0 Å². The van der Waals surface area contributed by atoms with Crippen molar-refractivity contribution in [1.82, 2.24) is 4.90 Å². The summed E-state index contributed by atoms with van der Waals surface area (Å²) in [6, 6.07) is 4.88. The summed E-state index contributed by atoms with van der Waals surface area (Å²) in [5.41, 5.74) is 1.72. The monoisotopic (exact) mass is 349 g/mol. The molecule has 1 aromatic rings. The lowest BCUT2D eigenvalue weighted by molar-refractivity contribution is -0.390. The Labute approximate surface area is 147 Å². The van der Waals surface area contributed by atoms with Crippen LogP contribution in [0.25, 0.3) is 0 Å². The van der Waals surface area contributed by atoms with Crippen LogP contribution in [0.4, 0.5) is 4.79 Å². The second-order valence-corrected chi connectivity index (χ2v) is 7.49. The zero-order valence-electron chi connectivity index (χ0n) is 14.9. The third-order valence-electron chi connectivity index (χ3n) is 4.29. The van der Waals surface area contributed by atoms with E-state index in [0.29, 0.717) is 18.4 Å². The fourth-order valence-corrected chi connectivity index (χ4v) is 3.12. The molecule has 0 aromatic heterocycles. The van der Waals surface area contributed by atoms with E-state index in [4.69, 9.17) is 14.2 Å². The number of carbonyl (C=O) groups excluding carboxylic acids is 1. The minimum atomic E-state index is -1.52. The third-order valence-corrected chi connectivity index (χ3v) is 4.29. The molecule has 7 nitrogen and oxygen atoms in total. The van der Waals surface area contributed by atoms with Crippen molar-refractivity contribution in [3.63, 3.8) is 0 Å². The predicted octanol–water partition coefficient (Wildman–Crippen LogP) is 0.747. The van der Waals surface area contributed by atoms with Crippen molar-refractivity contribution < 1.29 is 29.1 Å². The van der Waals surface area contributed by atoms with E-state index in [2.05, 4.69) is 0 Å². The fraction of sp³-hybridized carbons (Fsp3) is 0.588. The van der Waals surface area contributed by atoms with Crippen LogP contribution >= 0.6 is 0 Å². The van der Waals surface area contributed by atoms with E-state index in [-0.39, 0.29) is 12.3 Å². The Morgan fingerprint density at radius 3 is 2.52 bits per heavy atom. The van der Waals surface area contributed by atoms with E-state index >= 15 is 0 Å². The van der Waals surface area contributed by atoms with Gasteiger partial charge in [-0.15, -0.1) is 0 Å². The number of hydrogen-bond acceptors (Lipinski definition) is 6. The molecule has 136 valence electrons. The summed E-state index contributed by atoms with van der Waals surface area (Å²) >= 11 is 0. The molecule has 2 N–H and O–H groups in total. The van der Waals surface area contributed by atoms with Crippen LogP contribution in [0.2, 0.25) is 0 Å². The predicted molar refractivity (Wildman–Crippen MR) is 91.0 cm³/mol. The highest BCUT2D eigenvalue weighted by Gasteiger charge is 2.43. The van der Waals surface area contributed by atoms with Crippen LogP contribution in [-0.2, 0) is 27.2 Å². The molecule has 0 spiro atoms. The highest BCUT2D eigenvalue weighted by atomic mass is 16.9. The summed E-state index contributed by atoms with van der Waals surface area (Å²) in [5.74, 6) is 0. The average Bonchev–Trinajstić information content (AvgIpc) is 2.48. The van der Waals surface area contributed by atoms with Crippen molar-refractivity contribution in [3.05, 3.63) is 29.3 Å². The first-order chi connectivity index (χ1) is 11.6. The first kappa shape index (κ1) is 18.2. The summed E-state index contributed by atoms with van der Waals surface area (Å²) in [5, 5.41) is 18.8. The lowest BCUT2D eigenvalue weighted by Crippen LogP contribution is -2.58. The Morgan fingerprint density at radius 2 is 1.96 bits per heavy atom. The average molecular weight is 349 g/mol. The van der Waals surface area contributed by atoms with Gasteiger partial charge < -0.3 is 24.3 Å². The number of nitrogens with zero attached hydrogens (tertiary/aromatic N) is 1. The smallest absolute Gasteiger partial charge is 0.444 e. The molecular weight excluding hydrogens is 325 g/mol. The number of carbonyl (C=O) groups is 1. The molecule has 2 heterocycles. The van der Waals surface area contributed by atoms with Crippen LogP contribution in [0.15, 0.2) is 18.2 Å². The van der Waals surface area contributed by atoms with Gasteiger partial charge in [0.05, 0.1) is 6.04 Å². The maximum atomic E-state index is 12.6. The second kappa shape index (κ2) is 6.61. The standard InChI is InChI=1S/C17H24BNO6/c1-10-23-15(24-10)14-8-12-7-13(18(21)22)6-5-11(12)9-19(14)16(20)25-17(2,3)4/h5-7,10,14-15,21-22H,8-9H2,1-4H3. The highest BCUT2D eigenvalue weighted by molar-refractivity contribution is 6.58. The van der Waals surface area contributed by atoms with Crippen LogP contribution in [0, 0.1) is 0 Å². The van der Waals surface area contributed by atoms with E-state index in [9.17, 15) is 14.8 Å². The van der Waals surface area contributed by atoms with Crippen molar-refractivity contribution in [1.29, 1.82) is 0 Å². The SMILES string of the molecule is CC1OC(C2Cc3cc(B(O)O)ccc3CN2C(=O)OC(C)(C)C)O1. The number of hydrogen-bond donors (Lipinski definition) is 2. The fourth-order valence-electron chi connectivity index (χ4n) is 3.12. The summed E-state index contributed by atoms with van der Waals surface area (Å²) in [6.07, 6.45) is -0.732. The van der Waals surface area contributed by atoms with Crippen molar-refractivity contribution >= 4 is 18.7 Å². The van der Waals surface area contributed by atoms with Gasteiger partial charge in [-0.05, 0) is 50.7 Å². The largest absolute Gasteiger partial charge is 0.488 e. The Hall–Kier alpha value is -1.61. The van der Waals surface area contributed by atoms with Gasteiger partial charge in [-0.3, -0.25) is 4.90 Å². The molecule has 1 atom stereocenters. The number of benzene rings is 1. The first-order valence-electron chi connectivity index (χ1n) is 8.42. The summed E-state index contributed by atoms with van der Waals surface area (Å²) in [7, 11) is -1.52. The molecule has 2 aliphatic heterocycles. The number of fused-ring (bicyclic) bond motifs is 1. The maximum absolute atomic E-state index is 12.6. The minimum absolute atomic E-state index is 0.294. The van der Waals surface area contributed by atoms with Crippen LogP contribution < -0.4 is 5.46 Å². The maximum Gasteiger partial charge on any atom is 0.488 e. The Kier molecular flexibility index (Phi) is 4.81. The normalized spacial score (nSPS) is 25.8. The lowest BCUT2D eigenvalue weighted by atomic mass is 9.77. The molecule has 0 radical (unpaired) electrons. The molecule has 1 amide bonds. The Balaban J connectivity index is 1.87. The van der Waals surface area contributed by atoms with Gasteiger partial charge in [-0.1, -0.05) is 18.2 Å². The third kappa shape index (κ3) is 3.98. The zero-order valence-corrected chi connectivity index (χ0v) is 14.9. The molecule has 1 saturated heterocycles. The lowest BCUT2D eigenvalue weighted by Gasteiger charge is -2.46. The van der Waals surface area contributed by atoms with Crippen LogP contribution in [0.5, 0.6) is 0 Å². The van der Waals surface area contributed by atoms with Gasteiger partial charge in [0.15, 0.2) is 12.6 Å². The number of ether oxygens (including phenoxy) is 3. The highest BCUT2D eigenvalue weighted by Crippen LogP contribution is 2.32. The summed E-state index contributed by atoms with van der Waals surface area (Å²) in [6.45, 7) is 7.63. The van der Waals surface area contributed by atoms with E-state index in [1.54, 1.807) is 24.0 Å². The molecule has 0 aliphatic carbocycles. The zero-order chi connectivity index (χ0) is 18.4. The van der Waals surface area contributed by atoms with E-state index in [1.165, 1.54) is 0 Å². The Morgan fingerprint density at radius 1 is 1.28 bits per heavy atom. The van der Waals surface area contributed by atoms with Crippen molar-refractivity contribution in [2.24, 2.45) is 0 Å². The Bertz CT molecular complexity index is 653. The van der Waals surface area contributed by atoms with Crippen molar-refractivity contribution in [3.8, 4) is 0 Å². The van der Waals surface area contributed by atoms with Gasteiger partial charge in [0.25, 0.3) is 0 Å². The molecule has 1 fully saturated rings. The van der Waals surface area contributed by atoms with Gasteiger partial charge in [0, 0.05) is 6.54 Å². The molecule has 0 bridgehead atoms. The van der Waals surface area contributed by atoms with Gasteiger partial charge >= 0.3 is 13.2 Å². The number of amides is 1. The quantitative estimate of drug-likeness (QED) is 0.766. The molecule has 25 heavy (non-hydrogen) atoms. The molecule has 0 saturated carbocycles. The number of rotatable bonds is 2. The van der Waals surface area contributed by atoms with Gasteiger partial charge in [-0.25, -0.2) is 4.79 Å². The first-order valence-corrected chi connectivity index (χ1v) is 8.42. The minimum Gasteiger partial charge on any atom is -0.444 e. The van der Waals surface area contributed by atoms with Crippen molar-refractivity contribution in [2.75, 3.05) is 0 Å². The molecule has 2 aliphatic rings.